The van der Waals surface area contributed by atoms with Crippen molar-refractivity contribution in [2.24, 2.45) is 0 Å². The first kappa shape index (κ1) is 26.6. The Morgan fingerprint density at radius 2 is 1.30 bits per heavy atom. The van der Waals surface area contributed by atoms with Crippen molar-refractivity contribution in [3.63, 3.8) is 0 Å². The van der Waals surface area contributed by atoms with Crippen LogP contribution in [-0.4, -0.2) is 41.3 Å². The van der Waals surface area contributed by atoms with Gasteiger partial charge in [0.05, 0.1) is 16.6 Å². The van der Waals surface area contributed by atoms with E-state index in [2.05, 4.69) is 5.32 Å². The van der Waals surface area contributed by atoms with Gasteiger partial charge in [-0.15, -0.1) is 0 Å². The molecule has 1 fully saturated rings. The predicted molar refractivity (Wildman–Crippen MR) is 145 cm³/mol. The maximum Gasteiger partial charge on any atom is 0.494 e. The summed E-state index contributed by atoms with van der Waals surface area (Å²) in [6.45, 7) is 9.83. The number of hydrogen-bond donors (Lipinski definition) is 2. The van der Waals surface area contributed by atoms with Crippen molar-refractivity contribution in [2.45, 2.75) is 63.7 Å². The molecule has 1 atom stereocenters. The molecule has 192 valence electrons. The fourth-order valence-electron chi connectivity index (χ4n) is 4.50. The summed E-state index contributed by atoms with van der Waals surface area (Å²) in [7, 11) is -0.494. The van der Waals surface area contributed by atoms with E-state index in [9.17, 15) is 14.7 Å². The third-order valence-corrected chi connectivity index (χ3v) is 7.70. The van der Waals surface area contributed by atoms with Crippen molar-refractivity contribution >= 4 is 24.5 Å². The maximum absolute atomic E-state index is 13.7. The van der Waals surface area contributed by atoms with E-state index in [1.54, 1.807) is 0 Å². The van der Waals surface area contributed by atoms with Gasteiger partial charge in [-0.1, -0.05) is 84.9 Å². The van der Waals surface area contributed by atoms with E-state index in [0.717, 1.165) is 22.2 Å². The van der Waals surface area contributed by atoms with E-state index in [1.165, 1.54) is 0 Å². The summed E-state index contributed by atoms with van der Waals surface area (Å²) in [6, 6.07) is 25.2. The van der Waals surface area contributed by atoms with E-state index in [4.69, 9.17) is 9.31 Å². The molecule has 0 unspecified atom stereocenters. The Balaban J connectivity index is 1.53. The van der Waals surface area contributed by atoms with E-state index < -0.39 is 35.7 Å². The Kier molecular flexibility index (Phi) is 7.31. The zero-order chi connectivity index (χ0) is 26.8. The molecule has 2 N–H and O–H groups in total. The molecule has 3 aromatic carbocycles. The first-order valence-electron chi connectivity index (χ1n) is 12.5. The minimum Gasteiger partial charge on any atom is -0.480 e. The minimum atomic E-state index is -1.10. The first-order valence-corrected chi connectivity index (χ1v) is 12.5. The van der Waals surface area contributed by atoms with Crippen LogP contribution in [0.5, 0.6) is 0 Å². The zero-order valence-electron chi connectivity index (χ0n) is 22.0. The molecular weight excluding hydrogens is 465 g/mol. The quantitative estimate of drug-likeness (QED) is 0.456. The van der Waals surface area contributed by atoms with Gasteiger partial charge in [0, 0.05) is 6.42 Å². The highest BCUT2D eigenvalue weighted by molar-refractivity contribution is 6.62. The largest absolute Gasteiger partial charge is 0.494 e. The SMILES string of the molecule is CC(C(=O)N[C@H](Cc1ccc(B2OC(C)(C)C(C)(C)O2)cc1)C(=O)O)(c1ccccc1)c1ccccc1. The van der Waals surface area contributed by atoms with Crippen molar-refractivity contribution in [3.8, 4) is 0 Å². The van der Waals surface area contributed by atoms with Crippen molar-refractivity contribution < 1.29 is 24.0 Å². The Morgan fingerprint density at radius 3 is 1.73 bits per heavy atom. The summed E-state index contributed by atoms with van der Waals surface area (Å²) in [5.41, 5.74) is 1.27. The van der Waals surface area contributed by atoms with Gasteiger partial charge in [0.15, 0.2) is 0 Å². The molecule has 1 aliphatic rings. The molecule has 1 amide bonds. The van der Waals surface area contributed by atoms with Crippen LogP contribution in [0.1, 0.15) is 51.3 Å². The molecule has 0 radical (unpaired) electrons. The van der Waals surface area contributed by atoms with Crippen molar-refractivity contribution in [1.82, 2.24) is 5.32 Å². The average Bonchev–Trinajstić information content (AvgIpc) is 3.10. The van der Waals surface area contributed by atoms with Gasteiger partial charge in [0.1, 0.15) is 6.04 Å². The highest BCUT2D eigenvalue weighted by Crippen LogP contribution is 2.36. The van der Waals surface area contributed by atoms with Crippen LogP contribution in [0.4, 0.5) is 0 Å². The number of benzene rings is 3. The van der Waals surface area contributed by atoms with E-state index in [1.807, 2.05) is 120 Å². The summed E-state index contributed by atoms with van der Waals surface area (Å²) in [5.74, 6) is -1.46. The number of carbonyl (C=O) groups excluding carboxylic acids is 1. The fourth-order valence-corrected chi connectivity index (χ4v) is 4.50. The van der Waals surface area contributed by atoms with Gasteiger partial charge in [0.2, 0.25) is 5.91 Å². The van der Waals surface area contributed by atoms with Gasteiger partial charge in [-0.2, -0.15) is 0 Å². The van der Waals surface area contributed by atoms with Gasteiger partial charge in [-0.25, -0.2) is 4.79 Å². The highest BCUT2D eigenvalue weighted by Gasteiger charge is 2.51. The van der Waals surface area contributed by atoms with E-state index >= 15 is 0 Å². The number of nitrogens with one attached hydrogen (secondary N) is 1. The molecule has 0 aromatic heterocycles. The van der Waals surface area contributed by atoms with Crippen LogP contribution >= 0.6 is 0 Å². The van der Waals surface area contributed by atoms with Gasteiger partial charge in [-0.05, 0) is 56.8 Å². The van der Waals surface area contributed by atoms with Crippen LogP contribution in [0.2, 0.25) is 0 Å². The molecule has 1 saturated heterocycles. The van der Waals surface area contributed by atoms with Crippen LogP contribution in [-0.2, 0) is 30.7 Å². The Morgan fingerprint density at radius 1 is 0.838 bits per heavy atom. The number of rotatable bonds is 8. The Bertz CT molecular complexity index is 1190. The first-order chi connectivity index (χ1) is 17.4. The summed E-state index contributed by atoms with van der Waals surface area (Å²) in [5, 5.41) is 12.8. The molecule has 1 heterocycles. The standard InChI is InChI=1S/C30H34BNO5/c1-28(2)29(3,4)37-31(36-28)24-18-16-21(17-19-24)20-25(26(33)34)32-27(35)30(5,22-12-8-6-9-13-22)23-14-10-7-11-15-23/h6-19,25H,20H2,1-5H3,(H,32,35)(H,33,34)/t25-/m1/s1. The second-order valence-electron chi connectivity index (χ2n) is 10.8. The predicted octanol–water partition coefficient (Wildman–Crippen LogP) is 4.10. The molecule has 7 heteroatoms. The van der Waals surface area contributed by atoms with Crippen molar-refractivity contribution in [2.75, 3.05) is 0 Å². The molecule has 6 nitrogen and oxygen atoms in total. The van der Waals surface area contributed by atoms with Gasteiger partial charge in [-0.3, -0.25) is 4.79 Å². The van der Waals surface area contributed by atoms with Crippen molar-refractivity contribution in [3.05, 3.63) is 102 Å². The van der Waals surface area contributed by atoms with Crippen LogP contribution in [0.15, 0.2) is 84.9 Å². The number of aliphatic carboxylic acids is 1. The molecule has 0 spiro atoms. The lowest BCUT2D eigenvalue weighted by molar-refractivity contribution is -0.142. The summed E-state index contributed by atoms with van der Waals surface area (Å²) >= 11 is 0. The van der Waals surface area contributed by atoms with E-state index in [-0.39, 0.29) is 12.3 Å². The van der Waals surface area contributed by atoms with Crippen LogP contribution < -0.4 is 10.8 Å². The average molecular weight is 499 g/mol. The Hall–Kier alpha value is -3.42. The molecular formula is C30H34BNO5. The zero-order valence-corrected chi connectivity index (χ0v) is 22.0. The fraction of sp³-hybridized carbons (Fsp3) is 0.333. The van der Waals surface area contributed by atoms with Crippen LogP contribution in [0, 0.1) is 0 Å². The molecule has 0 saturated carbocycles. The second-order valence-corrected chi connectivity index (χ2v) is 10.8. The number of carbonyl (C=O) groups is 2. The highest BCUT2D eigenvalue weighted by atomic mass is 16.7. The number of carboxylic acids is 1. The smallest absolute Gasteiger partial charge is 0.480 e. The monoisotopic (exact) mass is 499 g/mol. The number of carboxylic acid groups (broad SMARTS) is 1. The van der Waals surface area contributed by atoms with Crippen LogP contribution in [0.25, 0.3) is 0 Å². The summed E-state index contributed by atoms with van der Waals surface area (Å²) in [4.78, 5) is 25.9. The van der Waals surface area contributed by atoms with Gasteiger partial charge < -0.3 is 19.7 Å². The lowest BCUT2D eigenvalue weighted by Gasteiger charge is -2.32. The lowest BCUT2D eigenvalue weighted by Crippen LogP contribution is -2.50. The number of amides is 1. The van der Waals surface area contributed by atoms with Gasteiger partial charge in [0.25, 0.3) is 0 Å². The topological polar surface area (TPSA) is 84.9 Å². The maximum atomic E-state index is 13.7. The van der Waals surface area contributed by atoms with E-state index in [0.29, 0.717) is 0 Å². The summed E-state index contributed by atoms with van der Waals surface area (Å²) < 4.78 is 12.2. The lowest BCUT2D eigenvalue weighted by atomic mass is 9.75. The molecule has 0 aliphatic carbocycles. The third kappa shape index (κ3) is 5.34. The molecule has 37 heavy (non-hydrogen) atoms. The Labute approximate surface area is 219 Å². The minimum absolute atomic E-state index is 0.143. The van der Waals surface area contributed by atoms with Crippen LogP contribution in [0.3, 0.4) is 0 Å². The normalized spacial score (nSPS) is 17.3. The third-order valence-electron chi connectivity index (χ3n) is 7.70. The summed E-state index contributed by atoms with van der Waals surface area (Å²) in [6.07, 6.45) is 0.143. The molecule has 3 aromatic rings. The second kappa shape index (κ2) is 10.2. The van der Waals surface area contributed by atoms with Crippen molar-refractivity contribution in [1.29, 1.82) is 0 Å². The number of hydrogen-bond acceptors (Lipinski definition) is 4. The molecule has 0 bridgehead atoms. The molecule has 4 rings (SSSR count). The van der Waals surface area contributed by atoms with Gasteiger partial charge >= 0.3 is 13.1 Å². The molecule has 1 aliphatic heterocycles.